The molecular weight excluding hydrogens is 292 g/mol. The zero-order valence-corrected chi connectivity index (χ0v) is 16.4. The number of aliphatic hydroxyl groups is 1. The lowest BCUT2D eigenvalue weighted by Gasteiger charge is -2.56. The van der Waals surface area contributed by atoms with Crippen molar-refractivity contribution >= 4 is 14.1 Å². The Morgan fingerprint density at radius 3 is 2.32 bits per heavy atom. The molecule has 0 spiro atoms. The van der Waals surface area contributed by atoms with E-state index in [1.165, 1.54) is 0 Å². The quantitative estimate of drug-likeness (QED) is 0.797. The summed E-state index contributed by atoms with van der Waals surface area (Å²) < 4.78 is 6.45. The summed E-state index contributed by atoms with van der Waals surface area (Å²) >= 11 is 0. The van der Waals surface area contributed by atoms with Crippen molar-refractivity contribution in [3.8, 4) is 0 Å². The summed E-state index contributed by atoms with van der Waals surface area (Å²) in [7, 11) is -1.71. The van der Waals surface area contributed by atoms with E-state index >= 15 is 0 Å². The van der Waals surface area contributed by atoms with Gasteiger partial charge >= 0.3 is 0 Å². The van der Waals surface area contributed by atoms with Gasteiger partial charge in [0.05, 0.1) is 17.1 Å². The van der Waals surface area contributed by atoms with E-state index in [1.54, 1.807) is 0 Å². The number of carbonyl (C=O) groups is 1. The summed E-state index contributed by atoms with van der Waals surface area (Å²) in [5.41, 5.74) is -1.18. The molecule has 0 unspecified atom stereocenters. The van der Waals surface area contributed by atoms with Crippen LogP contribution in [0, 0.1) is 23.7 Å². The molecule has 0 aromatic carbocycles. The molecule has 2 fully saturated rings. The number of ketones is 1. The van der Waals surface area contributed by atoms with Gasteiger partial charge in [0, 0.05) is 5.92 Å². The van der Waals surface area contributed by atoms with Crippen molar-refractivity contribution in [2.45, 2.75) is 84.2 Å². The molecule has 2 rings (SSSR count). The molecule has 2 aliphatic rings. The van der Waals surface area contributed by atoms with Crippen LogP contribution in [0.5, 0.6) is 0 Å². The van der Waals surface area contributed by atoms with Crippen LogP contribution in [-0.4, -0.2) is 30.4 Å². The molecule has 3 nitrogen and oxygen atoms in total. The highest BCUT2D eigenvalue weighted by atomic mass is 28.4. The number of hydrogen-bond acceptors (Lipinski definition) is 3. The number of carbonyl (C=O) groups excluding carboxylic acids is 1. The zero-order valence-electron chi connectivity index (χ0n) is 15.4. The fraction of sp³-hybridized carbons (Fsp3) is 0.944. The first-order valence-corrected chi connectivity index (χ1v) is 12.3. The Morgan fingerprint density at radius 1 is 1.18 bits per heavy atom. The minimum atomic E-state index is -1.71. The second-order valence-corrected chi connectivity index (χ2v) is 13.6. The molecule has 0 radical (unpaired) electrons. The van der Waals surface area contributed by atoms with Crippen molar-refractivity contribution < 1.29 is 14.3 Å². The van der Waals surface area contributed by atoms with Crippen molar-refractivity contribution in [1.82, 2.24) is 0 Å². The van der Waals surface area contributed by atoms with Gasteiger partial charge in [-0.1, -0.05) is 13.8 Å². The Bertz CT molecular complexity index is 440. The van der Waals surface area contributed by atoms with Crippen molar-refractivity contribution in [2.75, 3.05) is 0 Å². The molecule has 0 aromatic heterocycles. The van der Waals surface area contributed by atoms with E-state index in [-0.39, 0.29) is 35.1 Å². The van der Waals surface area contributed by atoms with E-state index in [0.717, 1.165) is 25.7 Å². The molecule has 0 heterocycles. The van der Waals surface area contributed by atoms with Crippen LogP contribution in [0.25, 0.3) is 0 Å². The normalized spacial score (nSPS) is 40.5. The van der Waals surface area contributed by atoms with E-state index < -0.39 is 13.9 Å². The monoisotopic (exact) mass is 326 g/mol. The summed E-state index contributed by atoms with van der Waals surface area (Å²) in [6.45, 7) is 15.0. The van der Waals surface area contributed by atoms with E-state index in [1.807, 2.05) is 6.92 Å². The predicted octanol–water partition coefficient (Wildman–Crippen LogP) is 4.01. The second kappa shape index (κ2) is 5.71. The molecule has 128 valence electrons. The topological polar surface area (TPSA) is 46.5 Å². The molecule has 1 N–H and O–H groups in total. The predicted molar refractivity (Wildman–Crippen MR) is 92.2 cm³/mol. The van der Waals surface area contributed by atoms with Gasteiger partial charge in [-0.15, -0.1) is 0 Å². The summed E-state index contributed by atoms with van der Waals surface area (Å²) in [4.78, 5) is 12.9. The SMILES string of the molecule is C[C@H]1CC[C@]2(O)[C@@H](C)CC[C@@H](C(C)(C)O[Si](C)(C)C)[C@@H]2C1=O. The fourth-order valence-corrected chi connectivity index (χ4v) is 6.59. The lowest BCUT2D eigenvalue weighted by atomic mass is 9.53. The Balaban J connectivity index is 2.37. The molecule has 0 aromatic rings. The van der Waals surface area contributed by atoms with Crippen LogP contribution in [0.1, 0.15) is 53.4 Å². The van der Waals surface area contributed by atoms with Crippen LogP contribution in [0.15, 0.2) is 0 Å². The molecule has 0 saturated heterocycles. The van der Waals surface area contributed by atoms with Crippen molar-refractivity contribution in [2.24, 2.45) is 23.7 Å². The van der Waals surface area contributed by atoms with E-state index in [4.69, 9.17) is 4.43 Å². The third-order valence-corrected chi connectivity index (χ3v) is 7.08. The van der Waals surface area contributed by atoms with Gasteiger partial charge in [-0.2, -0.15) is 0 Å². The van der Waals surface area contributed by atoms with Crippen LogP contribution in [0.4, 0.5) is 0 Å². The molecule has 0 aliphatic heterocycles. The molecule has 2 aliphatic carbocycles. The van der Waals surface area contributed by atoms with Gasteiger partial charge in [-0.05, 0) is 71.0 Å². The van der Waals surface area contributed by atoms with Gasteiger partial charge in [0.1, 0.15) is 5.78 Å². The minimum Gasteiger partial charge on any atom is -0.412 e. The molecular formula is C18H34O3Si. The lowest BCUT2D eigenvalue weighted by Crippen LogP contribution is -2.62. The molecule has 0 bridgehead atoms. The van der Waals surface area contributed by atoms with Gasteiger partial charge in [0.25, 0.3) is 0 Å². The Hall–Kier alpha value is -0.193. The van der Waals surface area contributed by atoms with Crippen LogP contribution >= 0.6 is 0 Å². The van der Waals surface area contributed by atoms with Crippen LogP contribution in [-0.2, 0) is 9.22 Å². The number of Topliss-reactive ketones (excluding diaryl/α,β-unsaturated/α-hetero) is 1. The van der Waals surface area contributed by atoms with Gasteiger partial charge in [-0.3, -0.25) is 4.79 Å². The van der Waals surface area contributed by atoms with Crippen LogP contribution in [0.2, 0.25) is 19.6 Å². The molecule has 2 saturated carbocycles. The average molecular weight is 327 g/mol. The molecule has 5 atom stereocenters. The Kier molecular flexibility index (Phi) is 4.71. The molecule has 0 amide bonds. The first kappa shape index (κ1) is 18.1. The summed E-state index contributed by atoms with van der Waals surface area (Å²) in [6.07, 6.45) is 3.53. The van der Waals surface area contributed by atoms with Crippen LogP contribution < -0.4 is 0 Å². The van der Waals surface area contributed by atoms with Gasteiger partial charge in [0.15, 0.2) is 8.32 Å². The van der Waals surface area contributed by atoms with Crippen molar-refractivity contribution in [1.29, 1.82) is 0 Å². The summed E-state index contributed by atoms with van der Waals surface area (Å²) in [5, 5.41) is 11.3. The number of fused-ring (bicyclic) bond motifs is 1. The first-order valence-electron chi connectivity index (χ1n) is 8.85. The van der Waals surface area contributed by atoms with E-state index in [0.29, 0.717) is 0 Å². The van der Waals surface area contributed by atoms with Gasteiger partial charge in [0.2, 0.25) is 0 Å². The first-order chi connectivity index (χ1) is 9.88. The third kappa shape index (κ3) is 3.20. The third-order valence-electron chi connectivity index (χ3n) is 5.94. The molecule has 22 heavy (non-hydrogen) atoms. The number of rotatable bonds is 3. The highest BCUT2D eigenvalue weighted by molar-refractivity contribution is 6.69. The van der Waals surface area contributed by atoms with E-state index in [9.17, 15) is 9.90 Å². The van der Waals surface area contributed by atoms with Gasteiger partial charge < -0.3 is 9.53 Å². The smallest absolute Gasteiger partial charge is 0.184 e. The summed E-state index contributed by atoms with van der Waals surface area (Å²) in [5.74, 6) is 0.396. The largest absolute Gasteiger partial charge is 0.412 e. The van der Waals surface area contributed by atoms with E-state index in [2.05, 4.69) is 40.4 Å². The maximum atomic E-state index is 12.9. The van der Waals surface area contributed by atoms with Gasteiger partial charge in [-0.25, -0.2) is 0 Å². The van der Waals surface area contributed by atoms with Crippen molar-refractivity contribution in [3.05, 3.63) is 0 Å². The van der Waals surface area contributed by atoms with Crippen molar-refractivity contribution in [3.63, 3.8) is 0 Å². The average Bonchev–Trinajstić information content (AvgIpc) is 2.34. The summed E-state index contributed by atoms with van der Waals surface area (Å²) in [6, 6.07) is 0. The fourth-order valence-electron chi connectivity index (χ4n) is 4.86. The highest BCUT2D eigenvalue weighted by Gasteiger charge is 2.58. The number of hydrogen-bond donors (Lipinski definition) is 1. The maximum absolute atomic E-state index is 12.9. The Labute approximate surface area is 137 Å². The molecule has 4 heteroatoms. The Morgan fingerprint density at radius 2 is 1.77 bits per heavy atom. The zero-order chi connectivity index (χ0) is 16.9. The standard InChI is InChI=1S/C18H34O3Si/c1-12-10-11-18(20)13(2)8-9-14(15(18)16(12)19)17(3,4)21-22(5,6)7/h12-15,20H,8-11H2,1-7H3/t12-,13-,14+,15+,18-/m0/s1. The second-order valence-electron chi connectivity index (χ2n) is 9.21. The highest BCUT2D eigenvalue weighted by Crippen LogP contribution is 2.53. The minimum absolute atomic E-state index is 0.0701. The maximum Gasteiger partial charge on any atom is 0.184 e. The lowest BCUT2D eigenvalue weighted by molar-refractivity contribution is -0.182. The van der Waals surface area contributed by atoms with Crippen LogP contribution in [0.3, 0.4) is 0 Å².